The molecule has 0 aromatic heterocycles. The predicted octanol–water partition coefficient (Wildman–Crippen LogP) is 5.38. The molecule has 184 valence electrons. The molecule has 0 unspecified atom stereocenters. The lowest BCUT2D eigenvalue weighted by Gasteiger charge is -2.21. The van der Waals surface area contributed by atoms with Crippen LogP contribution in [0.1, 0.15) is 60.5 Å². The SMILES string of the molecule is Cc1cc(C)c(C(=O)P(=O)(CCC(=O)OCCN(C)C)C(=O)c2c(C)cc(C)cc2C)c(C)c1. The molecule has 2 rings (SSSR count). The number of nitrogens with zero attached hydrogens (tertiary/aromatic N) is 1. The summed E-state index contributed by atoms with van der Waals surface area (Å²) in [6, 6.07) is 7.36. The molecule has 0 saturated heterocycles. The van der Waals surface area contributed by atoms with Gasteiger partial charge >= 0.3 is 5.97 Å². The van der Waals surface area contributed by atoms with E-state index in [2.05, 4.69) is 0 Å². The molecule has 0 atom stereocenters. The zero-order valence-electron chi connectivity index (χ0n) is 21.6. The molecular formula is C27H36NO5P. The fourth-order valence-corrected chi connectivity index (χ4v) is 6.87. The van der Waals surface area contributed by atoms with Crippen LogP contribution in [0.4, 0.5) is 0 Å². The summed E-state index contributed by atoms with van der Waals surface area (Å²) in [6.45, 7) is 11.7. The van der Waals surface area contributed by atoms with E-state index >= 15 is 0 Å². The van der Waals surface area contributed by atoms with Crippen molar-refractivity contribution in [3.8, 4) is 0 Å². The molecule has 0 N–H and O–H groups in total. The van der Waals surface area contributed by atoms with Gasteiger partial charge < -0.3 is 14.2 Å². The average molecular weight is 486 g/mol. The van der Waals surface area contributed by atoms with E-state index in [0.717, 1.165) is 11.1 Å². The van der Waals surface area contributed by atoms with Crippen molar-refractivity contribution < 1.29 is 23.7 Å². The molecule has 0 saturated carbocycles. The molecule has 0 aliphatic carbocycles. The second-order valence-corrected chi connectivity index (χ2v) is 12.1. The Morgan fingerprint density at radius 1 is 0.765 bits per heavy atom. The van der Waals surface area contributed by atoms with Crippen molar-refractivity contribution in [2.75, 3.05) is 33.4 Å². The number of aryl methyl sites for hydroxylation is 6. The van der Waals surface area contributed by atoms with Gasteiger partial charge in [-0.3, -0.25) is 14.4 Å². The van der Waals surface area contributed by atoms with Gasteiger partial charge in [0.05, 0.1) is 6.42 Å². The maximum Gasteiger partial charge on any atom is 0.306 e. The Balaban J connectivity index is 2.51. The minimum Gasteiger partial charge on any atom is -0.464 e. The van der Waals surface area contributed by atoms with E-state index in [1.165, 1.54) is 0 Å². The Bertz CT molecular complexity index is 1050. The second kappa shape index (κ2) is 11.2. The summed E-state index contributed by atoms with van der Waals surface area (Å²) in [5, 5.41) is 0. The van der Waals surface area contributed by atoms with Crippen molar-refractivity contribution in [3.63, 3.8) is 0 Å². The van der Waals surface area contributed by atoms with E-state index in [9.17, 15) is 18.9 Å². The Kier molecular flexibility index (Phi) is 9.15. The molecule has 0 spiro atoms. The number of carbonyl (C=O) groups excluding carboxylic acids is 3. The molecule has 0 fully saturated rings. The van der Waals surface area contributed by atoms with Gasteiger partial charge in [0.15, 0.2) is 0 Å². The van der Waals surface area contributed by atoms with E-state index in [0.29, 0.717) is 39.9 Å². The third kappa shape index (κ3) is 6.31. The highest BCUT2D eigenvalue weighted by atomic mass is 31.2. The van der Waals surface area contributed by atoms with Crippen LogP contribution in [-0.4, -0.2) is 55.3 Å². The molecule has 2 aromatic carbocycles. The summed E-state index contributed by atoms with van der Waals surface area (Å²) < 4.78 is 19.6. The number of ether oxygens (including phenoxy) is 1. The average Bonchev–Trinajstić information content (AvgIpc) is 2.70. The normalized spacial score (nSPS) is 11.6. The molecule has 2 aromatic rings. The van der Waals surface area contributed by atoms with Crippen LogP contribution in [0.25, 0.3) is 0 Å². The highest BCUT2D eigenvalue weighted by Gasteiger charge is 2.43. The zero-order chi connectivity index (χ0) is 25.8. The molecule has 0 aliphatic rings. The lowest BCUT2D eigenvalue weighted by Crippen LogP contribution is -2.22. The van der Waals surface area contributed by atoms with Crippen molar-refractivity contribution in [2.24, 2.45) is 0 Å². The van der Waals surface area contributed by atoms with Crippen molar-refractivity contribution in [1.29, 1.82) is 0 Å². The fraction of sp³-hybridized carbons (Fsp3) is 0.444. The van der Waals surface area contributed by atoms with Gasteiger partial charge in [-0.2, -0.15) is 0 Å². The summed E-state index contributed by atoms with van der Waals surface area (Å²) in [7, 11) is -0.459. The van der Waals surface area contributed by atoms with Crippen LogP contribution >= 0.6 is 7.14 Å². The Morgan fingerprint density at radius 3 is 1.50 bits per heavy atom. The number of hydrogen-bond donors (Lipinski definition) is 0. The largest absolute Gasteiger partial charge is 0.464 e. The molecular weight excluding hydrogens is 449 g/mol. The van der Waals surface area contributed by atoms with Crippen LogP contribution in [0.5, 0.6) is 0 Å². The van der Waals surface area contributed by atoms with Crippen LogP contribution < -0.4 is 0 Å². The van der Waals surface area contributed by atoms with Gasteiger partial charge in [-0.05, 0) is 77.9 Å². The van der Waals surface area contributed by atoms with Crippen molar-refractivity contribution in [1.82, 2.24) is 4.90 Å². The van der Waals surface area contributed by atoms with Crippen LogP contribution in [0.15, 0.2) is 24.3 Å². The first-order valence-corrected chi connectivity index (χ1v) is 13.3. The maximum absolute atomic E-state index is 14.4. The summed E-state index contributed by atoms with van der Waals surface area (Å²) in [4.78, 5) is 41.8. The standard InChI is InChI=1S/C27H36NO5P/c1-17-13-19(3)24(20(4)14-17)26(30)34(32,12-9-23(29)33-11-10-28(7)8)27(31)25-21(5)15-18(2)16-22(25)6/h13-16H,9-12H2,1-8H3. The molecule has 0 heterocycles. The number of carbonyl (C=O) groups is 3. The van der Waals surface area contributed by atoms with Gasteiger partial charge in [0.2, 0.25) is 18.2 Å². The lowest BCUT2D eigenvalue weighted by atomic mass is 10.0. The topological polar surface area (TPSA) is 80.8 Å². The summed E-state index contributed by atoms with van der Waals surface area (Å²) in [5.74, 6) is -0.572. The van der Waals surface area contributed by atoms with Gasteiger partial charge in [0, 0.05) is 23.8 Å². The first-order chi connectivity index (χ1) is 15.8. The lowest BCUT2D eigenvalue weighted by molar-refractivity contribution is -0.143. The number of hydrogen-bond acceptors (Lipinski definition) is 6. The highest BCUT2D eigenvalue weighted by molar-refractivity contribution is 7.95. The third-order valence-corrected chi connectivity index (χ3v) is 8.48. The third-order valence-electron chi connectivity index (χ3n) is 5.87. The molecule has 0 radical (unpaired) electrons. The molecule has 34 heavy (non-hydrogen) atoms. The van der Waals surface area contributed by atoms with Crippen LogP contribution in [-0.2, 0) is 14.1 Å². The van der Waals surface area contributed by atoms with Crippen molar-refractivity contribution in [3.05, 3.63) is 68.8 Å². The Morgan fingerprint density at radius 2 is 1.15 bits per heavy atom. The molecule has 0 aliphatic heterocycles. The van der Waals surface area contributed by atoms with Gasteiger partial charge in [-0.1, -0.05) is 35.4 Å². The number of rotatable bonds is 10. The summed E-state index contributed by atoms with van der Waals surface area (Å²) in [5.41, 5.74) is 3.84. The Labute approximate surface area is 203 Å². The van der Waals surface area contributed by atoms with Gasteiger partial charge in [-0.15, -0.1) is 0 Å². The summed E-state index contributed by atoms with van der Waals surface area (Å²) in [6.07, 6.45) is -0.624. The first kappa shape index (κ1) is 27.7. The molecule has 7 heteroatoms. The molecule has 0 bridgehead atoms. The Hall–Kier alpha value is -2.56. The number of likely N-dealkylation sites (N-methyl/N-ethyl adjacent to an activating group) is 1. The molecule has 0 amide bonds. The maximum atomic E-state index is 14.4. The van der Waals surface area contributed by atoms with Crippen LogP contribution in [0.2, 0.25) is 0 Å². The van der Waals surface area contributed by atoms with E-state index in [1.54, 1.807) is 27.7 Å². The van der Waals surface area contributed by atoms with Gasteiger partial charge in [0.25, 0.3) is 0 Å². The van der Waals surface area contributed by atoms with Crippen LogP contribution in [0.3, 0.4) is 0 Å². The monoisotopic (exact) mass is 485 g/mol. The van der Waals surface area contributed by atoms with E-state index in [-0.39, 0.29) is 19.2 Å². The van der Waals surface area contributed by atoms with E-state index in [1.807, 2.05) is 57.1 Å². The van der Waals surface area contributed by atoms with Crippen LogP contribution in [0, 0.1) is 41.5 Å². The zero-order valence-corrected chi connectivity index (χ0v) is 22.5. The van der Waals surface area contributed by atoms with E-state index < -0.39 is 24.2 Å². The first-order valence-electron chi connectivity index (χ1n) is 11.4. The minimum atomic E-state index is -4.18. The predicted molar refractivity (Wildman–Crippen MR) is 137 cm³/mol. The minimum absolute atomic E-state index is 0.185. The van der Waals surface area contributed by atoms with Gasteiger partial charge in [0.1, 0.15) is 6.61 Å². The second-order valence-electron chi connectivity index (χ2n) is 9.39. The quantitative estimate of drug-likeness (QED) is 0.332. The summed E-state index contributed by atoms with van der Waals surface area (Å²) >= 11 is 0. The van der Waals surface area contributed by atoms with Gasteiger partial charge in [-0.25, -0.2) is 0 Å². The van der Waals surface area contributed by atoms with Crippen molar-refractivity contribution >= 4 is 24.2 Å². The fourth-order valence-electron chi connectivity index (χ4n) is 4.35. The smallest absolute Gasteiger partial charge is 0.306 e. The molecule has 6 nitrogen and oxygen atoms in total. The number of benzene rings is 2. The highest BCUT2D eigenvalue weighted by Crippen LogP contribution is 2.54. The van der Waals surface area contributed by atoms with Crippen molar-refractivity contribution in [2.45, 2.75) is 48.0 Å². The van der Waals surface area contributed by atoms with E-state index in [4.69, 9.17) is 4.74 Å². The number of esters is 1.